The van der Waals surface area contributed by atoms with Crippen LogP contribution in [0.15, 0.2) is 24.4 Å². The van der Waals surface area contributed by atoms with Crippen LogP contribution in [0.2, 0.25) is 0 Å². The topological polar surface area (TPSA) is 116 Å². The van der Waals surface area contributed by atoms with Crippen LogP contribution in [-0.2, 0) is 4.74 Å². The Balaban J connectivity index is 2.05. The van der Waals surface area contributed by atoms with E-state index in [4.69, 9.17) is 10.5 Å². The summed E-state index contributed by atoms with van der Waals surface area (Å²) >= 11 is 0.948. The number of imidazole rings is 1. The van der Waals surface area contributed by atoms with Crippen LogP contribution in [0.3, 0.4) is 0 Å². The molecule has 3 rings (SSSR count). The first-order valence-electron chi connectivity index (χ1n) is 8.20. The van der Waals surface area contributed by atoms with Gasteiger partial charge in [0.15, 0.2) is 0 Å². The second-order valence-electron chi connectivity index (χ2n) is 5.77. The lowest BCUT2D eigenvalue weighted by Crippen LogP contribution is -2.17. The summed E-state index contributed by atoms with van der Waals surface area (Å²) in [4.78, 5) is 41.4. The molecule has 9 heteroatoms. The van der Waals surface area contributed by atoms with Gasteiger partial charge in [0.2, 0.25) is 0 Å². The lowest BCUT2D eigenvalue weighted by molar-refractivity contribution is 0.0527. The molecule has 3 N–H and O–H groups in total. The highest BCUT2D eigenvalue weighted by Crippen LogP contribution is 2.34. The van der Waals surface area contributed by atoms with Crippen LogP contribution in [0.25, 0.3) is 5.65 Å². The maximum atomic E-state index is 12.9. The molecule has 0 saturated heterocycles. The summed E-state index contributed by atoms with van der Waals surface area (Å²) in [7, 11) is 0. The number of fused-ring (bicyclic) bond motifs is 1. The summed E-state index contributed by atoms with van der Waals surface area (Å²) < 4.78 is 6.71. The highest BCUT2D eigenvalue weighted by Gasteiger charge is 2.27. The number of primary amides is 1. The average Bonchev–Trinajstić information content (AvgIpc) is 3.11. The highest BCUT2D eigenvalue weighted by atomic mass is 32.1. The zero-order chi connectivity index (χ0) is 19.7. The van der Waals surface area contributed by atoms with Gasteiger partial charge in [-0.1, -0.05) is 6.07 Å². The number of carbonyl (C=O) groups excluding carboxylic acids is 3. The Hall–Kier alpha value is -3.20. The zero-order valence-corrected chi connectivity index (χ0v) is 15.8. The quantitative estimate of drug-likeness (QED) is 0.654. The van der Waals surface area contributed by atoms with Gasteiger partial charge in [-0.2, -0.15) is 0 Å². The monoisotopic (exact) mass is 386 g/mol. The Bertz CT molecular complexity index is 1070. The fourth-order valence-electron chi connectivity index (χ4n) is 2.84. The number of rotatable bonds is 5. The van der Waals surface area contributed by atoms with Crippen LogP contribution in [0.4, 0.5) is 5.00 Å². The van der Waals surface area contributed by atoms with Crippen molar-refractivity contribution in [1.82, 2.24) is 9.38 Å². The van der Waals surface area contributed by atoms with Crippen molar-refractivity contribution in [2.45, 2.75) is 20.8 Å². The summed E-state index contributed by atoms with van der Waals surface area (Å²) in [5, 5.41) is 2.93. The number of anilines is 1. The molecule has 140 valence electrons. The van der Waals surface area contributed by atoms with Gasteiger partial charge in [0.25, 0.3) is 11.8 Å². The molecule has 0 atom stereocenters. The van der Waals surface area contributed by atoms with Crippen molar-refractivity contribution in [3.63, 3.8) is 0 Å². The maximum absolute atomic E-state index is 12.9. The molecular formula is C18H18N4O4S. The number of ether oxygens (including phenoxy) is 1. The Kier molecular flexibility index (Phi) is 4.95. The number of aryl methyl sites for hydroxylation is 1. The van der Waals surface area contributed by atoms with Crippen LogP contribution < -0.4 is 11.1 Å². The minimum absolute atomic E-state index is 0.135. The van der Waals surface area contributed by atoms with E-state index in [-0.39, 0.29) is 22.0 Å². The normalized spacial score (nSPS) is 10.8. The van der Waals surface area contributed by atoms with E-state index in [1.807, 2.05) is 6.07 Å². The van der Waals surface area contributed by atoms with Gasteiger partial charge in [-0.05, 0) is 38.5 Å². The Morgan fingerprint density at radius 2 is 2.04 bits per heavy atom. The number of nitrogens with two attached hydrogens (primary N) is 1. The number of pyridine rings is 1. The molecule has 0 fully saturated rings. The van der Waals surface area contributed by atoms with Crippen LogP contribution in [-0.4, -0.2) is 33.8 Å². The van der Waals surface area contributed by atoms with Gasteiger partial charge in [-0.25, -0.2) is 9.78 Å². The van der Waals surface area contributed by atoms with Crippen molar-refractivity contribution in [2.24, 2.45) is 5.73 Å². The molecule has 8 nitrogen and oxygen atoms in total. The molecule has 0 bridgehead atoms. The van der Waals surface area contributed by atoms with Gasteiger partial charge in [0.05, 0.1) is 22.7 Å². The number of aromatic nitrogens is 2. The Labute approximate surface area is 159 Å². The number of thiophene rings is 1. The summed E-state index contributed by atoms with van der Waals surface area (Å²) in [5.74, 6) is -1.74. The molecule has 0 aliphatic rings. The van der Waals surface area contributed by atoms with Crippen molar-refractivity contribution in [3.8, 4) is 0 Å². The van der Waals surface area contributed by atoms with Crippen molar-refractivity contribution in [2.75, 3.05) is 11.9 Å². The first-order valence-corrected chi connectivity index (χ1v) is 9.02. The van der Waals surface area contributed by atoms with Gasteiger partial charge in [-0.3, -0.25) is 14.0 Å². The number of amides is 2. The molecule has 0 unspecified atom stereocenters. The van der Waals surface area contributed by atoms with Crippen LogP contribution in [0, 0.1) is 13.8 Å². The first kappa shape index (κ1) is 18.6. The highest BCUT2D eigenvalue weighted by molar-refractivity contribution is 7.18. The largest absolute Gasteiger partial charge is 0.462 e. The summed E-state index contributed by atoms with van der Waals surface area (Å²) in [6.45, 7) is 5.16. The van der Waals surface area contributed by atoms with E-state index in [0.29, 0.717) is 22.6 Å². The molecule has 0 spiro atoms. The third-order valence-corrected chi connectivity index (χ3v) is 5.22. The van der Waals surface area contributed by atoms with E-state index in [9.17, 15) is 14.4 Å². The number of hydrogen-bond acceptors (Lipinski definition) is 6. The molecule has 3 aromatic rings. The molecule has 0 saturated carbocycles. The van der Waals surface area contributed by atoms with Crippen LogP contribution >= 0.6 is 11.3 Å². The molecule has 27 heavy (non-hydrogen) atoms. The van der Waals surface area contributed by atoms with E-state index in [1.165, 1.54) is 0 Å². The van der Waals surface area contributed by atoms with Crippen molar-refractivity contribution < 1.29 is 19.1 Å². The Morgan fingerprint density at radius 1 is 1.30 bits per heavy atom. The predicted octanol–water partition coefficient (Wildman–Crippen LogP) is 2.54. The van der Waals surface area contributed by atoms with Gasteiger partial charge < -0.3 is 15.8 Å². The zero-order valence-electron chi connectivity index (χ0n) is 15.0. The molecule has 3 heterocycles. The predicted molar refractivity (Wildman–Crippen MR) is 101 cm³/mol. The lowest BCUT2D eigenvalue weighted by atomic mass is 10.1. The van der Waals surface area contributed by atoms with E-state index >= 15 is 0 Å². The number of nitrogens with zero attached hydrogens (tertiary/aromatic N) is 2. The lowest BCUT2D eigenvalue weighted by Gasteiger charge is -2.07. The van der Waals surface area contributed by atoms with E-state index in [1.54, 1.807) is 43.5 Å². The van der Waals surface area contributed by atoms with Crippen molar-refractivity contribution >= 4 is 39.8 Å². The second-order valence-corrected chi connectivity index (χ2v) is 6.79. The number of esters is 1. The summed E-state index contributed by atoms with van der Waals surface area (Å²) in [6, 6.07) is 5.40. The molecule has 0 radical (unpaired) electrons. The number of nitrogens with one attached hydrogen (secondary N) is 1. The third-order valence-electron chi connectivity index (χ3n) is 4.00. The van der Waals surface area contributed by atoms with E-state index in [0.717, 1.165) is 11.3 Å². The van der Waals surface area contributed by atoms with Crippen molar-refractivity contribution in [3.05, 3.63) is 51.8 Å². The standard InChI is InChI=1S/C18H18N4O4S/c1-4-26-18(25)12-9(2)14(15(19)23)27-17(12)21-16(24)13-10(3)20-11-7-5-6-8-22(11)13/h5-8H,4H2,1-3H3,(H2,19,23)(H,21,24). The minimum atomic E-state index is -0.672. The first-order chi connectivity index (χ1) is 12.8. The fourth-order valence-corrected chi connectivity index (χ4v) is 3.88. The maximum Gasteiger partial charge on any atom is 0.341 e. The number of carbonyl (C=O) groups is 3. The second kappa shape index (κ2) is 7.20. The van der Waals surface area contributed by atoms with Gasteiger partial charge in [-0.15, -0.1) is 11.3 Å². The molecule has 3 aromatic heterocycles. The molecular weight excluding hydrogens is 368 g/mol. The fraction of sp³-hybridized carbons (Fsp3) is 0.222. The van der Waals surface area contributed by atoms with Crippen molar-refractivity contribution in [1.29, 1.82) is 0 Å². The smallest absolute Gasteiger partial charge is 0.341 e. The van der Waals surface area contributed by atoms with Gasteiger partial charge in [0.1, 0.15) is 16.3 Å². The van der Waals surface area contributed by atoms with E-state index < -0.39 is 17.8 Å². The molecule has 0 aliphatic heterocycles. The average molecular weight is 386 g/mol. The van der Waals surface area contributed by atoms with Gasteiger partial charge >= 0.3 is 5.97 Å². The Morgan fingerprint density at radius 3 is 2.70 bits per heavy atom. The molecule has 0 aliphatic carbocycles. The minimum Gasteiger partial charge on any atom is -0.462 e. The number of hydrogen-bond donors (Lipinski definition) is 2. The molecule has 0 aromatic carbocycles. The van der Waals surface area contributed by atoms with E-state index in [2.05, 4.69) is 10.3 Å². The van der Waals surface area contributed by atoms with Crippen LogP contribution in [0.5, 0.6) is 0 Å². The summed E-state index contributed by atoms with van der Waals surface area (Å²) in [6.07, 6.45) is 1.73. The SMILES string of the molecule is CCOC(=O)c1c(NC(=O)c2c(C)nc3ccccn23)sc(C(N)=O)c1C. The summed E-state index contributed by atoms with van der Waals surface area (Å²) in [5.41, 5.74) is 7.42. The molecule has 2 amide bonds. The third kappa shape index (κ3) is 3.28. The van der Waals surface area contributed by atoms with Gasteiger partial charge in [0, 0.05) is 6.20 Å². The van der Waals surface area contributed by atoms with Crippen LogP contribution in [0.1, 0.15) is 48.7 Å².